The third-order valence-electron chi connectivity index (χ3n) is 4.64. The number of rotatable bonds is 9. The van der Waals surface area contributed by atoms with Gasteiger partial charge in [0.05, 0.1) is 17.8 Å². The van der Waals surface area contributed by atoms with Crippen molar-refractivity contribution in [3.8, 4) is 11.3 Å². The zero-order valence-corrected chi connectivity index (χ0v) is 19.4. The maximum Gasteiger partial charge on any atom is 0.252 e. The molecule has 0 spiro atoms. The van der Waals surface area contributed by atoms with Gasteiger partial charge < -0.3 is 26.6 Å². The summed E-state index contributed by atoms with van der Waals surface area (Å²) >= 11 is 6.29. The molecule has 2 heterocycles. The molecule has 172 valence electrons. The van der Waals surface area contributed by atoms with Gasteiger partial charge in [0.25, 0.3) is 5.91 Å². The molecule has 0 aliphatic rings. The fourth-order valence-corrected chi connectivity index (χ4v) is 3.39. The molecular formula is C23H26ClN7O2. The Hall–Kier alpha value is -3.69. The molecule has 0 aliphatic carbocycles. The number of halogens is 1. The van der Waals surface area contributed by atoms with Crippen LogP contribution in [0.1, 0.15) is 15.9 Å². The molecule has 5 N–H and O–H groups in total. The van der Waals surface area contributed by atoms with Gasteiger partial charge in [-0.2, -0.15) is 0 Å². The minimum Gasteiger partial charge on any atom is -0.373 e. The van der Waals surface area contributed by atoms with Crippen molar-refractivity contribution in [3.05, 3.63) is 64.8 Å². The molecule has 3 aromatic rings. The summed E-state index contributed by atoms with van der Waals surface area (Å²) in [5.74, 6) is 0.325. The molecule has 0 atom stereocenters. The van der Waals surface area contributed by atoms with Crippen LogP contribution in [0, 0.1) is 0 Å². The summed E-state index contributed by atoms with van der Waals surface area (Å²) in [6, 6.07) is 12.2. The average Bonchev–Trinajstić information content (AvgIpc) is 2.76. The van der Waals surface area contributed by atoms with Gasteiger partial charge in [-0.15, -0.1) is 0 Å². The molecule has 0 radical (unpaired) electrons. The zero-order chi connectivity index (χ0) is 24.0. The van der Waals surface area contributed by atoms with Crippen LogP contribution in [0.4, 0.5) is 17.3 Å². The van der Waals surface area contributed by atoms with E-state index in [2.05, 4.69) is 25.9 Å². The quantitative estimate of drug-likeness (QED) is 0.381. The minimum absolute atomic E-state index is 0.161. The van der Waals surface area contributed by atoms with Gasteiger partial charge in [-0.3, -0.25) is 9.59 Å². The van der Waals surface area contributed by atoms with E-state index in [4.69, 9.17) is 17.3 Å². The molecule has 2 amide bonds. The number of amides is 2. The lowest BCUT2D eigenvalue weighted by atomic mass is 10.1. The highest BCUT2D eigenvalue weighted by atomic mass is 35.5. The van der Waals surface area contributed by atoms with Crippen molar-refractivity contribution in [2.75, 3.05) is 43.6 Å². The van der Waals surface area contributed by atoms with Gasteiger partial charge in [0, 0.05) is 36.1 Å². The number of pyridine rings is 2. The van der Waals surface area contributed by atoms with Gasteiger partial charge in [-0.05, 0) is 62.1 Å². The van der Waals surface area contributed by atoms with E-state index < -0.39 is 5.91 Å². The fraction of sp³-hybridized carbons (Fsp3) is 0.217. The van der Waals surface area contributed by atoms with Crippen LogP contribution in [0.5, 0.6) is 0 Å². The predicted octanol–water partition coefficient (Wildman–Crippen LogP) is 3.05. The Bertz CT molecular complexity index is 1170. The molecule has 0 unspecified atom stereocenters. The molecule has 0 bridgehead atoms. The van der Waals surface area contributed by atoms with Crippen molar-refractivity contribution in [1.29, 1.82) is 0 Å². The van der Waals surface area contributed by atoms with Crippen LogP contribution in [0.25, 0.3) is 11.3 Å². The number of anilines is 3. The van der Waals surface area contributed by atoms with Gasteiger partial charge in [0.15, 0.2) is 0 Å². The van der Waals surface area contributed by atoms with E-state index in [-0.39, 0.29) is 18.0 Å². The molecule has 0 fully saturated rings. The molecule has 10 heteroatoms. The van der Waals surface area contributed by atoms with Gasteiger partial charge in [0.2, 0.25) is 5.91 Å². The smallest absolute Gasteiger partial charge is 0.252 e. The van der Waals surface area contributed by atoms with E-state index in [0.717, 1.165) is 11.4 Å². The van der Waals surface area contributed by atoms with Crippen molar-refractivity contribution in [2.24, 2.45) is 5.73 Å². The van der Waals surface area contributed by atoms with Crippen LogP contribution in [0.2, 0.25) is 5.02 Å². The van der Waals surface area contributed by atoms with Crippen LogP contribution >= 0.6 is 11.6 Å². The predicted molar refractivity (Wildman–Crippen MR) is 131 cm³/mol. The molecular weight excluding hydrogens is 442 g/mol. The van der Waals surface area contributed by atoms with Gasteiger partial charge >= 0.3 is 0 Å². The lowest BCUT2D eigenvalue weighted by Crippen LogP contribution is -2.27. The Balaban J connectivity index is 1.89. The second kappa shape index (κ2) is 10.8. The summed E-state index contributed by atoms with van der Waals surface area (Å²) in [6.45, 7) is 0.654. The van der Waals surface area contributed by atoms with Crippen LogP contribution in [0.15, 0.2) is 48.7 Å². The summed E-state index contributed by atoms with van der Waals surface area (Å²) in [4.78, 5) is 34.7. The molecule has 0 saturated heterocycles. The molecule has 1 aromatic carbocycles. The van der Waals surface area contributed by atoms with Gasteiger partial charge in [-0.1, -0.05) is 11.6 Å². The molecule has 2 aromatic heterocycles. The van der Waals surface area contributed by atoms with E-state index in [1.165, 1.54) is 0 Å². The standard InChI is InChI=1S/C23H26ClN7O2/c1-26-20-8-14(6-7-27-20)12-28-23-18(22(25)33)4-5-19(30-23)15-9-16(24)11-17(10-15)29-21(32)13-31(2)3/h4-11H,12-13H2,1-3H3,(H2,25,33)(H,26,27)(H,28,30)(H,29,32). The summed E-state index contributed by atoms with van der Waals surface area (Å²) in [6.07, 6.45) is 1.69. The topological polar surface area (TPSA) is 125 Å². The fourth-order valence-electron chi connectivity index (χ4n) is 3.16. The first-order valence-electron chi connectivity index (χ1n) is 10.2. The molecule has 9 nitrogen and oxygen atoms in total. The molecule has 33 heavy (non-hydrogen) atoms. The van der Waals surface area contributed by atoms with Crippen LogP contribution in [-0.4, -0.2) is 54.4 Å². The summed E-state index contributed by atoms with van der Waals surface area (Å²) in [7, 11) is 5.42. The van der Waals surface area contributed by atoms with Crippen molar-refractivity contribution in [2.45, 2.75) is 6.54 Å². The maximum atomic E-state index is 12.1. The number of nitrogens with two attached hydrogens (primary N) is 1. The van der Waals surface area contributed by atoms with E-state index in [1.54, 1.807) is 48.5 Å². The lowest BCUT2D eigenvalue weighted by molar-refractivity contribution is -0.116. The number of likely N-dealkylation sites (N-methyl/N-ethyl adjacent to an activating group) is 1. The second-order valence-corrected chi connectivity index (χ2v) is 8.06. The minimum atomic E-state index is -0.593. The average molecular weight is 468 g/mol. The maximum absolute atomic E-state index is 12.1. The Morgan fingerprint density at radius 1 is 1.12 bits per heavy atom. The Labute approximate surface area is 197 Å². The Morgan fingerprint density at radius 2 is 1.91 bits per heavy atom. The first-order valence-corrected chi connectivity index (χ1v) is 10.6. The first-order chi connectivity index (χ1) is 15.7. The van der Waals surface area contributed by atoms with Crippen molar-refractivity contribution in [1.82, 2.24) is 14.9 Å². The number of hydrogen-bond donors (Lipinski definition) is 4. The first kappa shape index (κ1) is 24.0. The molecule has 3 rings (SSSR count). The zero-order valence-electron chi connectivity index (χ0n) is 18.6. The van der Waals surface area contributed by atoms with E-state index in [0.29, 0.717) is 34.3 Å². The van der Waals surface area contributed by atoms with Crippen molar-refractivity contribution < 1.29 is 9.59 Å². The number of nitrogens with one attached hydrogen (secondary N) is 3. The van der Waals surface area contributed by atoms with Gasteiger partial charge in [-0.25, -0.2) is 9.97 Å². The van der Waals surface area contributed by atoms with Crippen LogP contribution < -0.4 is 21.7 Å². The van der Waals surface area contributed by atoms with Crippen LogP contribution in [-0.2, 0) is 11.3 Å². The number of primary amides is 1. The third kappa shape index (κ3) is 6.64. The largest absolute Gasteiger partial charge is 0.373 e. The third-order valence-corrected chi connectivity index (χ3v) is 4.86. The SMILES string of the molecule is CNc1cc(CNc2nc(-c3cc(Cl)cc(NC(=O)CN(C)C)c3)ccc2C(N)=O)ccn1. The summed E-state index contributed by atoms with van der Waals surface area (Å²) in [5.41, 5.74) is 8.57. The highest BCUT2D eigenvalue weighted by Gasteiger charge is 2.14. The molecule has 0 aliphatic heterocycles. The normalized spacial score (nSPS) is 10.7. The Kier molecular flexibility index (Phi) is 7.81. The Morgan fingerprint density at radius 3 is 2.61 bits per heavy atom. The highest BCUT2D eigenvalue weighted by molar-refractivity contribution is 6.31. The number of aromatic nitrogens is 2. The highest BCUT2D eigenvalue weighted by Crippen LogP contribution is 2.28. The number of benzene rings is 1. The summed E-state index contributed by atoms with van der Waals surface area (Å²) in [5, 5.41) is 9.44. The lowest BCUT2D eigenvalue weighted by Gasteiger charge is -2.14. The van der Waals surface area contributed by atoms with E-state index >= 15 is 0 Å². The van der Waals surface area contributed by atoms with E-state index in [9.17, 15) is 9.59 Å². The second-order valence-electron chi connectivity index (χ2n) is 7.62. The van der Waals surface area contributed by atoms with Gasteiger partial charge in [0.1, 0.15) is 11.6 Å². The number of carbonyl (C=O) groups excluding carboxylic acids is 2. The molecule has 0 saturated carbocycles. The van der Waals surface area contributed by atoms with Crippen molar-refractivity contribution in [3.63, 3.8) is 0 Å². The summed E-state index contributed by atoms with van der Waals surface area (Å²) < 4.78 is 0. The number of nitrogens with zero attached hydrogens (tertiary/aromatic N) is 3. The number of hydrogen-bond acceptors (Lipinski definition) is 7. The van der Waals surface area contributed by atoms with Crippen LogP contribution in [0.3, 0.4) is 0 Å². The van der Waals surface area contributed by atoms with E-state index in [1.807, 2.05) is 26.2 Å². The number of carbonyl (C=O) groups is 2. The van der Waals surface area contributed by atoms with Crippen molar-refractivity contribution >= 4 is 40.7 Å². The monoisotopic (exact) mass is 467 g/mol.